The van der Waals surface area contributed by atoms with Crippen LogP contribution in [-0.2, 0) is 14.3 Å². The average molecular weight is 698 g/mol. The van der Waals surface area contributed by atoms with Gasteiger partial charge in [0.05, 0.1) is 43.7 Å². The van der Waals surface area contributed by atoms with Gasteiger partial charge in [-0.1, -0.05) is 18.6 Å². The molecule has 3 aliphatic heterocycles. The van der Waals surface area contributed by atoms with Crippen LogP contribution < -0.4 is 19.7 Å². The lowest BCUT2D eigenvalue weighted by Crippen LogP contribution is -2.47. The molecule has 11 nitrogen and oxygen atoms in total. The van der Waals surface area contributed by atoms with E-state index in [2.05, 4.69) is 27.7 Å². The Labute approximate surface area is 293 Å². The molecule has 1 saturated carbocycles. The van der Waals surface area contributed by atoms with Crippen LogP contribution in [0.5, 0.6) is 17.4 Å². The summed E-state index contributed by atoms with van der Waals surface area (Å²) in [5.41, 5.74) is 0.186. The number of carbonyl (C=O) groups is 1. The van der Waals surface area contributed by atoms with Gasteiger partial charge in [-0.15, -0.1) is 6.42 Å². The molecule has 2 atom stereocenters. The second kappa shape index (κ2) is 13.3. The van der Waals surface area contributed by atoms with Gasteiger partial charge < -0.3 is 34.3 Å². The Morgan fingerprint density at radius 1 is 1.16 bits per heavy atom. The van der Waals surface area contributed by atoms with Crippen molar-refractivity contribution in [2.24, 2.45) is 5.41 Å². The van der Waals surface area contributed by atoms with Crippen molar-refractivity contribution in [1.29, 1.82) is 0 Å². The fraction of sp³-hybridized carbons (Fsp3) is 0.395. The van der Waals surface area contributed by atoms with Crippen LogP contribution in [0, 0.1) is 29.4 Å². The summed E-state index contributed by atoms with van der Waals surface area (Å²) in [6, 6.07) is 5.02. The van der Waals surface area contributed by atoms with Gasteiger partial charge in [-0.2, -0.15) is 0 Å². The molecule has 13 heteroatoms. The second-order valence-corrected chi connectivity index (χ2v) is 13.5. The normalized spacial score (nSPS) is 21.5. The molecule has 5 heterocycles. The molecule has 2 N–H and O–H groups in total. The number of nitrogens with zero attached hydrogens (tertiary/aromatic N) is 4. The summed E-state index contributed by atoms with van der Waals surface area (Å²) in [4.78, 5) is 25.9. The molecular formula is C38H37F2N5O6. The highest BCUT2D eigenvalue weighted by molar-refractivity contribution is 6.04. The number of phenolic OH excluding ortho intramolecular Hbond substituents is 1. The minimum absolute atomic E-state index is 0.0528. The number of morpholine rings is 1. The number of aromatic nitrogens is 2. The quantitative estimate of drug-likeness (QED) is 0.215. The summed E-state index contributed by atoms with van der Waals surface area (Å²) in [5, 5.41) is 14.5. The number of aromatic hydroxyl groups is 1. The number of rotatable bonds is 7. The van der Waals surface area contributed by atoms with Crippen LogP contribution in [0.25, 0.3) is 32.9 Å². The van der Waals surface area contributed by atoms with Crippen molar-refractivity contribution in [2.75, 3.05) is 70.7 Å². The molecule has 51 heavy (non-hydrogen) atoms. The first-order chi connectivity index (χ1) is 24.8. The average Bonchev–Trinajstić information content (AvgIpc) is 3.95. The number of phenols is 1. The van der Waals surface area contributed by atoms with Crippen molar-refractivity contribution in [3.05, 3.63) is 60.3 Å². The van der Waals surface area contributed by atoms with Crippen LogP contribution in [0.1, 0.15) is 18.4 Å². The molecule has 8 rings (SSSR count). The molecule has 1 aliphatic carbocycles. The number of hydrogen-bond donors (Lipinski definition) is 2. The van der Waals surface area contributed by atoms with E-state index in [0.29, 0.717) is 55.1 Å². The predicted molar refractivity (Wildman–Crippen MR) is 186 cm³/mol. The van der Waals surface area contributed by atoms with Crippen LogP contribution in [0.3, 0.4) is 0 Å². The smallest absolute Gasteiger partial charge is 0.260 e. The molecule has 3 fully saturated rings. The standard InChI is InChI=1S/C38H37F2N5O6/c1-3-25-28(39)6-5-22-15-24(46)16-26(31(22)25)33-32(40)34-27(17-41-33)35(45-11-14-49-19-23(18-45)42-30(47)4-2)36-37(43-34)51-29(20-50-36)38(7-8-38)21-44-9-12-48-13-10-44/h1,4-6,15-17,23,29,46H,2,7-14,18-21H2,(H,42,47)/t23-,29+/m1/s1. The van der Waals surface area contributed by atoms with Gasteiger partial charge in [-0.25, -0.2) is 13.8 Å². The predicted octanol–water partition coefficient (Wildman–Crippen LogP) is 4.17. The van der Waals surface area contributed by atoms with E-state index in [1.807, 2.05) is 4.90 Å². The molecule has 264 valence electrons. The number of anilines is 1. The lowest BCUT2D eigenvalue weighted by molar-refractivity contribution is -0.117. The van der Waals surface area contributed by atoms with E-state index >= 15 is 4.39 Å². The van der Waals surface area contributed by atoms with Crippen LogP contribution in [0.2, 0.25) is 0 Å². The van der Waals surface area contributed by atoms with Crippen LogP contribution in [0.15, 0.2) is 43.1 Å². The van der Waals surface area contributed by atoms with Crippen molar-refractivity contribution in [3.8, 4) is 41.0 Å². The fourth-order valence-electron chi connectivity index (χ4n) is 7.54. The van der Waals surface area contributed by atoms with Crippen LogP contribution >= 0.6 is 0 Å². The number of terminal acetylenes is 1. The minimum atomic E-state index is -0.807. The van der Waals surface area contributed by atoms with Gasteiger partial charge in [0.25, 0.3) is 5.88 Å². The number of amides is 1. The molecular weight excluding hydrogens is 660 g/mol. The van der Waals surface area contributed by atoms with Crippen molar-refractivity contribution in [2.45, 2.75) is 25.0 Å². The number of pyridine rings is 2. The molecule has 0 bridgehead atoms. The van der Waals surface area contributed by atoms with Gasteiger partial charge in [0.15, 0.2) is 5.82 Å². The number of nitrogens with one attached hydrogen (secondary N) is 1. The maximum Gasteiger partial charge on any atom is 0.260 e. The van der Waals surface area contributed by atoms with E-state index < -0.39 is 17.7 Å². The maximum absolute atomic E-state index is 17.1. The highest BCUT2D eigenvalue weighted by Gasteiger charge is 2.54. The third kappa shape index (κ3) is 6.07. The van der Waals surface area contributed by atoms with Gasteiger partial charge in [-0.05, 0) is 42.5 Å². The summed E-state index contributed by atoms with van der Waals surface area (Å²) in [6.45, 7) is 9.02. The Morgan fingerprint density at radius 2 is 1.96 bits per heavy atom. The summed E-state index contributed by atoms with van der Waals surface area (Å²) < 4.78 is 56.7. The van der Waals surface area contributed by atoms with E-state index in [0.717, 1.165) is 32.5 Å². The van der Waals surface area contributed by atoms with E-state index in [9.17, 15) is 14.3 Å². The molecule has 2 aromatic carbocycles. The minimum Gasteiger partial charge on any atom is -0.508 e. The van der Waals surface area contributed by atoms with Gasteiger partial charge in [0, 0.05) is 60.7 Å². The fourth-order valence-corrected chi connectivity index (χ4v) is 7.54. The topological polar surface area (TPSA) is 119 Å². The van der Waals surface area contributed by atoms with Crippen LogP contribution in [0.4, 0.5) is 14.5 Å². The highest BCUT2D eigenvalue weighted by atomic mass is 19.1. The van der Waals surface area contributed by atoms with Gasteiger partial charge in [0.2, 0.25) is 11.7 Å². The Balaban J connectivity index is 1.27. The zero-order valence-electron chi connectivity index (χ0n) is 27.9. The zero-order valence-corrected chi connectivity index (χ0v) is 27.9. The molecule has 0 spiro atoms. The molecule has 2 aromatic heterocycles. The molecule has 1 amide bonds. The first kappa shape index (κ1) is 33.1. The third-order valence-corrected chi connectivity index (χ3v) is 10.3. The van der Waals surface area contributed by atoms with Gasteiger partial charge in [0.1, 0.15) is 35.5 Å². The number of halogens is 2. The molecule has 0 radical (unpaired) electrons. The van der Waals surface area contributed by atoms with Crippen molar-refractivity contribution >= 4 is 33.3 Å². The summed E-state index contributed by atoms with van der Waals surface area (Å²) in [7, 11) is 0. The van der Waals surface area contributed by atoms with E-state index in [1.165, 1.54) is 36.5 Å². The second-order valence-electron chi connectivity index (χ2n) is 13.5. The lowest BCUT2D eigenvalue weighted by atomic mass is 9.95. The van der Waals surface area contributed by atoms with Crippen molar-refractivity contribution < 1.29 is 37.6 Å². The number of fused-ring (bicyclic) bond motifs is 3. The van der Waals surface area contributed by atoms with Crippen molar-refractivity contribution in [3.63, 3.8) is 0 Å². The third-order valence-electron chi connectivity index (χ3n) is 10.3. The monoisotopic (exact) mass is 697 g/mol. The maximum atomic E-state index is 17.1. The number of carbonyl (C=O) groups excluding carboxylic acids is 1. The van der Waals surface area contributed by atoms with Gasteiger partial charge >= 0.3 is 0 Å². The first-order valence-corrected chi connectivity index (χ1v) is 17.1. The van der Waals surface area contributed by atoms with Crippen LogP contribution in [-0.4, -0.2) is 104 Å². The zero-order chi connectivity index (χ0) is 35.3. The number of hydrogen-bond acceptors (Lipinski definition) is 10. The van der Waals surface area contributed by atoms with E-state index in [-0.39, 0.29) is 70.0 Å². The lowest BCUT2D eigenvalue weighted by Gasteiger charge is -2.38. The Bertz CT molecular complexity index is 2090. The first-order valence-electron chi connectivity index (χ1n) is 17.1. The molecule has 4 aliphatic rings. The summed E-state index contributed by atoms with van der Waals surface area (Å²) >= 11 is 0. The van der Waals surface area contributed by atoms with Crippen molar-refractivity contribution in [1.82, 2.24) is 20.2 Å². The Kier molecular flexibility index (Phi) is 8.62. The Hall–Kier alpha value is -5.03. The number of ether oxygens (including phenoxy) is 4. The molecule has 4 aromatic rings. The van der Waals surface area contributed by atoms with E-state index in [1.54, 1.807) is 0 Å². The molecule has 2 saturated heterocycles. The number of benzene rings is 2. The van der Waals surface area contributed by atoms with E-state index in [4.69, 9.17) is 30.4 Å². The highest BCUT2D eigenvalue weighted by Crippen LogP contribution is 2.54. The SMILES string of the molecule is C#Cc1c(F)ccc2cc(O)cc(-c3ncc4c(N5CCOC[C@H](NC(=O)C=C)C5)c5c(nc4c3F)O[C@H](C3(CN4CCOCC4)CC3)CO5)c12. The Morgan fingerprint density at radius 3 is 2.73 bits per heavy atom. The largest absolute Gasteiger partial charge is 0.508 e. The summed E-state index contributed by atoms with van der Waals surface area (Å²) in [6.07, 6.45) is 10.0. The molecule has 0 unspecified atom stereocenters. The summed E-state index contributed by atoms with van der Waals surface area (Å²) in [5.74, 6) is 0.897. The van der Waals surface area contributed by atoms with Gasteiger partial charge in [-0.3, -0.25) is 14.7 Å².